The van der Waals surface area contributed by atoms with Crippen LogP contribution in [0, 0.1) is 0 Å². The van der Waals surface area contributed by atoms with Gasteiger partial charge >= 0.3 is 17.9 Å². The number of ether oxygens (including phenoxy) is 7. The molecule has 0 aliphatic carbocycles. The Bertz CT molecular complexity index is 803. The average molecular weight is 538 g/mol. The first-order valence-electron chi connectivity index (χ1n) is 11.4. The number of aliphatic carboxylic acids is 2. The van der Waals surface area contributed by atoms with Gasteiger partial charge in [0, 0.05) is 12.7 Å². The van der Waals surface area contributed by atoms with E-state index in [4.69, 9.17) is 43.4 Å². The molecule has 0 amide bonds. The van der Waals surface area contributed by atoms with Crippen LogP contribution >= 0.6 is 0 Å². The van der Waals surface area contributed by atoms with Crippen LogP contribution in [0.4, 0.5) is 0 Å². The van der Waals surface area contributed by atoms with Gasteiger partial charge in [0.2, 0.25) is 0 Å². The minimum absolute atomic E-state index is 0.0627. The van der Waals surface area contributed by atoms with Crippen LogP contribution in [-0.2, 0) is 47.5 Å². The molecule has 10 atom stereocenters. The van der Waals surface area contributed by atoms with Gasteiger partial charge in [-0.1, -0.05) is 6.58 Å². The fourth-order valence-corrected chi connectivity index (χ4v) is 3.93. The highest BCUT2D eigenvalue weighted by atomic mass is 16.7. The highest BCUT2D eigenvalue weighted by Gasteiger charge is 2.51. The maximum absolute atomic E-state index is 12.1. The molecule has 10 unspecified atom stereocenters. The van der Waals surface area contributed by atoms with Crippen molar-refractivity contribution >= 4 is 17.9 Å². The smallest absolute Gasteiger partial charge is 0.333 e. The molecule has 2 aliphatic rings. The first-order chi connectivity index (χ1) is 17.4. The van der Waals surface area contributed by atoms with Gasteiger partial charge in [0.1, 0.15) is 55.9 Å². The summed E-state index contributed by atoms with van der Waals surface area (Å²) in [6, 6.07) is 0. The zero-order chi connectivity index (χ0) is 27.9. The number of esters is 1. The van der Waals surface area contributed by atoms with Crippen LogP contribution in [0.3, 0.4) is 0 Å². The quantitative estimate of drug-likeness (QED) is 0.123. The maximum Gasteiger partial charge on any atom is 0.333 e. The zero-order valence-electron chi connectivity index (χ0n) is 20.6. The molecule has 15 nitrogen and oxygen atoms in total. The van der Waals surface area contributed by atoms with Crippen molar-refractivity contribution in [3.8, 4) is 0 Å². The summed E-state index contributed by atoms with van der Waals surface area (Å²) in [5.41, 5.74) is 0.0627. The normalized spacial score (nSPS) is 36.1. The molecular weight excluding hydrogens is 504 g/mol. The predicted octanol–water partition coefficient (Wildman–Crippen LogP) is -2.33. The molecule has 37 heavy (non-hydrogen) atoms. The van der Waals surface area contributed by atoms with Crippen molar-refractivity contribution in [2.45, 2.75) is 75.1 Å². The molecular formula is C22H34O15. The van der Waals surface area contributed by atoms with Crippen molar-refractivity contribution in [3.63, 3.8) is 0 Å². The second-order valence-electron chi connectivity index (χ2n) is 8.66. The molecule has 5 N–H and O–H groups in total. The summed E-state index contributed by atoms with van der Waals surface area (Å²) in [6.45, 7) is 4.36. The fourth-order valence-electron chi connectivity index (χ4n) is 3.93. The van der Waals surface area contributed by atoms with Crippen LogP contribution in [0.5, 0.6) is 0 Å². The lowest BCUT2D eigenvalue weighted by molar-refractivity contribution is -0.344. The van der Waals surface area contributed by atoms with E-state index in [1.54, 1.807) is 0 Å². The van der Waals surface area contributed by atoms with E-state index in [-0.39, 0.29) is 18.8 Å². The molecule has 2 aliphatic heterocycles. The maximum atomic E-state index is 12.1. The molecule has 2 heterocycles. The standard InChI is InChI=1S/C22H34O15/c1-9(2)21(30)36-18-10(3)34-12(6-33-8-14(25)26)20(17(18)29)37-22-16(28)15(27)19(31-4)11(35-22)5-32-7-13(23)24/h10-12,15-20,22,27-29H,1,5-8H2,2-4H3,(H,23,24)(H,25,26). The number of rotatable bonds is 13. The predicted molar refractivity (Wildman–Crippen MR) is 118 cm³/mol. The van der Waals surface area contributed by atoms with E-state index in [9.17, 15) is 29.7 Å². The molecule has 212 valence electrons. The minimum atomic E-state index is -1.70. The number of carboxylic acid groups (broad SMARTS) is 2. The molecule has 0 bridgehead atoms. The monoisotopic (exact) mass is 538 g/mol. The van der Waals surface area contributed by atoms with Gasteiger partial charge in [-0.25, -0.2) is 14.4 Å². The Labute approximate surface area is 212 Å². The second-order valence-corrected chi connectivity index (χ2v) is 8.66. The number of hydrogen-bond acceptors (Lipinski definition) is 13. The average Bonchev–Trinajstić information content (AvgIpc) is 2.81. The van der Waals surface area contributed by atoms with Gasteiger partial charge in [-0.15, -0.1) is 0 Å². The van der Waals surface area contributed by atoms with Crippen LogP contribution in [0.25, 0.3) is 0 Å². The lowest BCUT2D eigenvalue weighted by Gasteiger charge is -2.47. The summed E-state index contributed by atoms with van der Waals surface area (Å²) in [4.78, 5) is 33.7. The summed E-state index contributed by atoms with van der Waals surface area (Å²) in [5, 5.41) is 49.9. The Kier molecular flexibility index (Phi) is 11.8. The summed E-state index contributed by atoms with van der Waals surface area (Å²) in [5.74, 6) is -3.30. The lowest BCUT2D eigenvalue weighted by atomic mass is 9.94. The topological polar surface area (TPSA) is 217 Å². The molecule has 0 aromatic rings. The van der Waals surface area contributed by atoms with Crippen molar-refractivity contribution in [1.82, 2.24) is 0 Å². The van der Waals surface area contributed by atoms with Crippen LogP contribution in [-0.4, -0.2) is 138 Å². The van der Waals surface area contributed by atoms with E-state index in [2.05, 4.69) is 6.58 Å². The number of aliphatic hydroxyl groups excluding tert-OH is 3. The van der Waals surface area contributed by atoms with Crippen molar-refractivity contribution in [2.24, 2.45) is 0 Å². The number of carbonyl (C=O) groups is 3. The van der Waals surface area contributed by atoms with Crippen molar-refractivity contribution in [1.29, 1.82) is 0 Å². The molecule has 0 spiro atoms. The molecule has 0 aromatic carbocycles. The zero-order valence-corrected chi connectivity index (χ0v) is 20.6. The Hall–Kier alpha value is -2.21. The van der Waals surface area contributed by atoms with Crippen LogP contribution < -0.4 is 0 Å². The molecule has 2 fully saturated rings. The number of hydrogen-bond donors (Lipinski definition) is 5. The van der Waals surface area contributed by atoms with E-state index < -0.39 is 92.3 Å². The fraction of sp³-hybridized carbons (Fsp3) is 0.773. The van der Waals surface area contributed by atoms with Gasteiger partial charge in [0.25, 0.3) is 0 Å². The SMILES string of the molecule is C=C(C)C(=O)OC1C(C)OC(COCC(=O)O)C(OC2OC(COCC(=O)O)C(OC)C(O)C2O)C1O. The van der Waals surface area contributed by atoms with Crippen LogP contribution in [0.15, 0.2) is 12.2 Å². The minimum Gasteiger partial charge on any atom is -0.480 e. The van der Waals surface area contributed by atoms with E-state index >= 15 is 0 Å². The molecule has 0 saturated carbocycles. The molecule has 2 saturated heterocycles. The van der Waals surface area contributed by atoms with Gasteiger partial charge in [0.05, 0.1) is 19.3 Å². The first kappa shape index (κ1) is 31.0. The summed E-state index contributed by atoms with van der Waals surface area (Å²) in [6.07, 6.45) is -13.3. The van der Waals surface area contributed by atoms with Crippen LogP contribution in [0.2, 0.25) is 0 Å². The summed E-state index contributed by atoms with van der Waals surface area (Å²) < 4.78 is 37.8. The summed E-state index contributed by atoms with van der Waals surface area (Å²) >= 11 is 0. The lowest BCUT2D eigenvalue weighted by Crippen LogP contribution is -2.65. The van der Waals surface area contributed by atoms with Crippen molar-refractivity contribution in [2.75, 3.05) is 33.5 Å². The Morgan fingerprint density at radius 1 is 0.838 bits per heavy atom. The molecule has 0 radical (unpaired) electrons. The number of aliphatic hydroxyl groups is 3. The molecule has 2 rings (SSSR count). The largest absolute Gasteiger partial charge is 0.480 e. The highest BCUT2D eigenvalue weighted by Crippen LogP contribution is 2.31. The van der Waals surface area contributed by atoms with E-state index in [0.29, 0.717) is 0 Å². The Balaban J connectivity index is 2.25. The van der Waals surface area contributed by atoms with E-state index in [0.717, 1.165) is 0 Å². The first-order valence-corrected chi connectivity index (χ1v) is 11.4. The molecule has 15 heteroatoms. The third-order valence-corrected chi connectivity index (χ3v) is 5.70. The van der Waals surface area contributed by atoms with Gasteiger partial charge in [-0.3, -0.25) is 0 Å². The Morgan fingerprint density at radius 2 is 1.38 bits per heavy atom. The van der Waals surface area contributed by atoms with Gasteiger partial charge < -0.3 is 58.7 Å². The van der Waals surface area contributed by atoms with E-state index in [1.807, 2.05) is 0 Å². The van der Waals surface area contributed by atoms with Gasteiger partial charge in [-0.05, 0) is 13.8 Å². The third-order valence-electron chi connectivity index (χ3n) is 5.70. The van der Waals surface area contributed by atoms with Crippen LogP contribution in [0.1, 0.15) is 13.8 Å². The number of carbonyl (C=O) groups excluding carboxylic acids is 1. The van der Waals surface area contributed by atoms with Crippen molar-refractivity contribution < 1.29 is 73.1 Å². The van der Waals surface area contributed by atoms with Gasteiger partial charge in [0.15, 0.2) is 12.4 Å². The summed E-state index contributed by atoms with van der Waals surface area (Å²) in [7, 11) is 1.24. The van der Waals surface area contributed by atoms with Gasteiger partial charge in [-0.2, -0.15) is 0 Å². The highest BCUT2D eigenvalue weighted by molar-refractivity contribution is 5.87. The van der Waals surface area contributed by atoms with Crippen molar-refractivity contribution in [3.05, 3.63) is 12.2 Å². The number of carboxylic acids is 2. The molecule has 0 aromatic heterocycles. The number of methoxy groups -OCH3 is 1. The third kappa shape index (κ3) is 8.39. The second kappa shape index (κ2) is 14.1. The Morgan fingerprint density at radius 3 is 1.86 bits per heavy atom. The van der Waals surface area contributed by atoms with E-state index in [1.165, 1.54) is 21.0 Å².